The van der Waals surface area contributed by atoms with E-state index in [1.165, 1.54) is 0 Å². The van der Waals surface area contributed by atoms with Gasteiger partial charge in [-0.3, -0.25) is 9.78 Å². The van der Waals surface area contributed by atoms with E-state index in [9.17, 15) is 4.79 Å². The van der Waals surface area contributed by atoms with Crippen molar-refractivity contribution in [3.63, 3.8) is 0 Å². The van der Waals surface area contributed by atoms with Gasteiger partial charge in [-0.15, -0.1) is 0 Å². The molecule has 0 radical (unpaired) electrons. The van der Waals surface area contributed by atoms with Crippen LogP contribution in [0.15, 0.2) is 42.6 Å². The number of aryl methyl sites for hydroxylation is 1. The van der Waals surface area contributed by atoms with Crippen molar-refractivity contribution in [3.8, 4) is 11.1 Å². The van der Waals surface area contributed by atoms with Crippen molar-refractivity contribution in [2.24, 2.45) is 5.73 Å². The van der Waals surface area contributed by atoms with Gasteiger partial charge in [0.25, 0.3) is 0 Å². The van der Waals surface area contributed by atoms with Gasteiger partial charge in [-0.25, -0.2) is 0 Å². The number of hydrogen-bond acceptors (Lipinski definition) is 2. The number of pyridine rings is 1. The summed E-state index contributed by atoms with van der Waals surface area (Å²) in [7, 11) is 0. The van der Waals surface area contributed by atoms with E-state index < -0.39 is 5.91 Å². The first-order valence-electron chi connectivity index (χ1n) is 5.01. The predicted octanol–water partition coefficient (Wildman–Crippen LogP) is 2.16. The smallest absolute Gasteiger partial charge is 0.249 e. The molecule has 1 heterocycles. The van der Waals surface area contributed by atoms with Gasteiger partial charge in [-0.1, -0.05) is 30.3 Å². The lowest BCUT2D eigenvalue weighted by Gasteiger charge is -2.09. The molecular formula is C13H12N2O. The molecule has 0 saturated heterocycles. The molecule has 80 valence electrons. The lowest BCUT2D eigenvalue weighted by Crippen LogP contribution is -2.13. The standard InChI is InChI=1S/C13H12N2O/c1-9-12(10-5-3-2-4-6-10)11(13(14)16)7-8-15-9/h2-8H,1H3,(H2,14,16). The van der Waals surface area contributed by atoms with E-state index >= 15 is 0 Å². The summed E-state index contributed by atoms with van der Waals surface area (Å²) in [6.45, 7) is 1.87. The van der Waals surface area contributed by atoms with Crippen molar-refractivity contribution in [2.45, 2.75) is 6.92 Å². The number of benzene rings is 1. The molecule has 0 aliphatic heterocycles. The third kappa shape index (κ3) is 1.80. The first kappa shape index (κ1) is 10.4. The Hall–Kier alpha value is -2.16. The Kier molecular flexibility index (Phi) is 2.68. The summed E-state index contributed by atoms with van der Waals surface area (Å²) in [4.78, 5) is 15.5. The van der Waals surface area contributed by atoms with Crippen LogP contribution in [0.2, 0.25) is 0 Å². The van der Waals surface area contributed by atoms with Gasteiger partial charge in [0, 0.05) is 17.5 Å². The molecule has 0 spiro atoms. The zero-order valence-corrected chi connectivity index (χ0v) is 8.97. The molecule has 1 aromatic carbocycles. The average molecular weight is 212 g/mol. The molecule has 1 aromatic heterocycles. The summed E-state index contributed by atoms with van der Waals surface area (Å²) in [5, 5.41) is 0. The molecule has 2 N–H and O–H groups in total. The van der Waals surface area contributed by atoms with Gasteiger partial charge in [0.05, 0.1) is 5.56 Å². The number of nitrogens with two attached hydrogens (primary N) is 1. The molecule has 3 heteroatoms. The predicted molar refractivity (Wildman–Crippen MR) is 62.9 cm³/mol. The van der Waals surface area contributed by atoms with E-state index in [2.05, 4.69) is 4.98 Å². The second kappa shape index (κ2) is 4.14. The molecule has 0 aliphatic carbocycles. The van der Waals surface area contributed by atoms with Crippen LogP contribution in [-0.4, -0.2) is 10.9 Å². The van der Waals surface area contributed by atoms with Crippen LogP contribution < -0.4 is 5.73 Å². The summed E-state index contributed by atoms with van der Waals surface area (Å²) in [6.07, 6.45) is 1.60. The molecular weight excluding hydrogens is 200 g/mol. The Balaban J connectivity index is 2.68. The SMILES string of the molecule is Cc1nccc(C(N)=O)c1-c1ccccc1. The van der Waals surface area contributed by atoms with Crippen molar-refractivity contribution in [1.82, 2.24) is 4.98 Å². The average Bonchev–Trinajstić information content (AvgIpc) is 2.29. The number of hydrogen-bond donors (Lipinski definition) is 1. The van der Waals surface area contributed by atoms with Gasteiger partial charge in [0.2, 0.25) is 5.91 Å². The van der Waals surface area contributed by atoms with Crippen molar-refractivity contribution < 1.29 is 4.79 Å². The highest BCUT2D eigenvalue weighted by Crippen LogP contribution is 2.25. The highest BCUT2D eigenvalue weighted by Gasteiger charge is 2.12. The normalized spacial score (nSPS) is 10.1. The molecule has 2 aromatic rings. The Bertz CT molecular complexity index is 521. The number of carbonyl (C=O) groups excluding carboxylic acids is 1. The van der Waals surface area contributed by atoms with Gasteiger partial charge < -0.3 is 5.73 Å². The Morgan fingerprint density at radius 1 is 1.19 bits per heavy atom. The number of aromatic nitrogens is 1. The Morgan fingerprint density at radius 3 is 2.50 bits per heavy atom. The van der Waals surface area contributed by atoms with Gasteiger partial charge in [-0.05, 0) is 18.6 Å². The number of nitrogens with zero attached hydrogens (tertiary/aromatic N) is 1. The molecule has 0 bridgehead atoms. The molecule has 16 heavy (non-hydrogen) atoms. The van der Waals surface area contributed by atoms with Crippen LogP contribution in [0.5, 0.6) is 0 Å². The van der Waals surface area contributed by atoms with Crippen molar-refractivity contribution in [2.75, 3.05) is 0 Å². The minimum atomic E-state index is -0.427. The quantitative estimate of drug-likeness (QED) is 0.829. The van der Waals surface area contributed by atoms with E-state index in [-0.39, 0.29) is 0 Å². The highest BCUT2D eigenvalue weighted by molar-refractivity contribution is 6.00. The summed E-state index contributed by atoms with van der Waals surface area (Å²) >= 11 is 0. The third-order valence-corrected chi connectivity index (χ3v) is 2.47. The van der Waals surface area contributed by atoms with Crippen LogP contribution in [0.4, 0.5) is 0 Å². The Morgan fingerprint density at radius 2 is 1.88 bits per heavy atom. The van der Waals surface area contributed by atoms with Gasteiger partial charge >= 0.3 is 0 Å². The van der Waals surface area contributed by atoms with E-state index in [4.69, 9.17) is 5.73 Å². The maximum absolute atomic E-state index is 11.3. The molecule has 0 fully saturated rings. The summed E-state index contributed by atoms with van der Waals surface area (Å²) in [5.74, 6) is -0.427. The second-order valence-electron chi connectivity index (χ2n) is 3.55. The molecule has 0 atom stereocenters. The van der Waals surface area contributed by atoms with Crippen molar-refractivity contribution in [3.05, 3.63) is 53.9 Å². The number of amides is 1. The zero-order chi connectivity index (χ0) is 11.5. The number of rotatable bonds is 2. The third-order valence-electron chi connectivity index (χ3n) is 2.47. The second-order valence-corrected chi connectivity index (χ2v) is 3.55. The van der Waals surface area contributed by atoms with Crippen LogP contribution in [0.25, 0.3) is 11.1 Å². The maximum atomic E-state index is 11.3. The largest absolute Gasteiger partial charge is 0.366 e. The molecule has 0 unspecified atom stereocenters. The van der Waals surface area contributed by atoms with E-state index in [0.717, 1.165) is 16.8 Å². The molecule has 0 aliphatic rings. The minimum Gasteiger partial charge on any atom is -0.366 e. The lowest BCUT2D eigenvalue weighted by atomic mass is 9.98. The summed E-state index contributed by atoms with van der Waals surface area (Å²) < 4.78 is 0. The van der Waals surface area contributed by atoms with Crippen LogP contribution in [0.1, 0.15) is 16.1 Å². The van der Waals surface area contributed by atoms with Crippen molar-refractivity contribution in [1.29, 1.82) is 0 Å². The summed E-state index contributed by atoms with van der Waals surface area (Å²) in [5.41, 5.74) is 8.45. The molecule has 0 saturated carbocycles. The van der Waals surface area contributed by atoms with E-state index in [1.807, 2.05) is 37.3 Å². The Labute approximate surface area is 93.9 Å². The fourth-order valence-corrected chi connectivity index (χ4v) is 1.74. The zero-order valence-electron chi connectivity index (χ0n) is 8.97. The maximum Gasteiger partial charge on any atom is 0.249 e. The minimum absolute atomic E-state index is 0.427. The first-order chi connectivity index (χ1) is 7.70. The monoisotopic (exact) mass is 212 g/mol. The molecule has 2 rings (SSSR count). The fourth-order valence-electron chi connectivity index (χ4n) is 1.74. The number of carbonyl (C=O) groups is 1. The number of primary amides is 1. The van der Waals surface area contributed by atoms with Crippen LogP contribution >= 0.6 is 0 Å². The van der Waals surface area contributed by atoms with Crippen LogP contribution in [0, 0.1) is 6.92 Å². The van der Waals surface area contributed by atoms with Gasteiger partial charge in [0.15, 0.2) is 0 Å². The molecule has 1 amide bonds. The van der Waals surface area contributed by atoms with E-state index in [0.29, 0.717) is 5.56 Å². The lowest BCUT2D eigenvalue weighted by molar-refractivity contribution is 0.100. The fraction of sp³-hybridized carbons (Fsp3) is 0.0769. The first-order valence-corrected chi connectivity index (χ1v) is 5.01. The highest BCUT2D eigenvalue weighted by atomic mass is 16.1. The summed E-state index contributed by atoms with van der Waals surface area (Å²) in [6, 6.07) is 11.3. The van der Waals surface area contributed by atoms with Crippen LogP contribution in [0.3, 0.4) is 0 Å². The van der Waals surface area contributed by atoms with Gasteiger partial charge in [0.1, 0.15) is 0 Å². The molecule has 3 nitrogen and oxygen atoms in total. The van der Waals surface area contributed by atoms with Gasteiger partial charge in [-0.2, -0.15) is 0 Å². The van der Waals surface area contributed by atoms with Crippen LogP contribution in [-0.2, 0) is 0 Å². The van der Waals surface area contributed by atoms with Crippen molar-refractivity contribution >= 4 is 5.91 Å². The van der Waals surface area contributed by atoms with E-state index in [1.54, 1.807) is 12.3 Å². The topological polar surface area (TPSA) is 56.0 Å².